The predicted octanol–water partition coefficient (Wildman–Crippen LogP) is 1.80. The van der Waals surface area contributed by atoms with Crippen molar-refractivity contribution in [3.8, 4) is 0 Å². The Kier molecular flexibility index (Phi) is 5.72. The van der Waals surface area contributed by atoms with Crippen LogP contribution in [0.25, 0.3) is 0 Å². The van der Waals surface area contributed by atoms with E-state index in [0.717, 1.165) is 18.6 Å². The smallest absolute Gasteiger partial charge is 0.327 e. The highest BCUT2D eigenvalue weighted by Crippen LogP contribution is 2.42. The van der Waals surface area contributed by atoms with Gasteiger partial charge in [0, 0.05) is 11.5 Å². The summed E-state index contributed by atoms with van der Waals surface area (Å²) in [6, 6.07) is -0.803. The average Bonchev–Trinajstić information content (AvgIpc) is 2.81. The van der Waals surface area contributed by atoms with Crippen molar-refractivity contribution in [3.63, 3.8) is 0 Å². The van der Waals surface area contributed by atoms with Gasteiger partial charge in [-0.15, -0.1) is 0 Å². The van der Waals surface area contributed by atoms with Gasteiger partial charge in [-0.2, -0.15) is 11.8 Å². The molecule has 1 saturated carbocycles. The Morgan fingerprint density at radius 1 is 1.40 bits per heavy atom. The molecule has 0 aromatic rings. The summed E-state index contributed by atoms with van der Waals surface area (Å²) >= 11 is 1.55. The Balaban J connectivity index is 1.70. The highest BCUT2D eigenvalue weighted by Gasteiger charge is 2.40. The standard InChI is InChI=1S/C14H23NO4S/c16-10-15-12(13(17)18)9-20-8-11-4-7-14(19-11)5-2-1-3-6-14/h10-12H,1-9H2,(H,15,16)(H,17,18). The van der Waals surface area contributed by atoms with Gasteiger partial charge in [-0.05, 0) is 25.7 Å². The second-order valence-electron chi connectivity index (χ2n) is 5.74. The van der Waals surface area contributed by atoms with Crippen LogP contribution < -0.4 is 5.32 Å². The first-order chi connectivity index (χ1) is 9.65. The van der Waals surface area contributed by atoms with Crippen LogP contribution in [0.2, 0.25) is 0 Å². The first-order valence-electron chi connectivity index (χ1n) is 7.33. The van der Waals surface area contributed by atoms with Gasteiger partial charge in [-0.1, -0.05) is 19.3 Å². The number of hydrogen-bond donors (Lipinski definition) is 2. The first-order valence-corrected chi connectivity index (χ1v) is 8.49. The molecule has 2 rings (SSSR count). The number of aliphatic carboxylic acids is 1. The Morgan fingerprint density at radius 3 is 2.80 bits per heavy atom. The number of carbonyl (C=O) groups excluding carboxylic acids is 1. The maximum atomic E-state index is 10.9. The van der Waals surface area contributed by atoms with Crippen LogP contribution in [0.4, 0.5) is 0 Å². The second kappa shape index (κ2) is 7.31. The number of nitrogens with one attached hydrogen (secondary N) is 1. The van der Waals surface area contributed by atoms with E-state index in [1.54, 1.807) is 11.8 Å². The molecule has 2 atom stereocenters. The van der Waals surface area contributed by atoms with Crippen LogP contribution in [0.5, 0.6) is 0 Å². The lowest BCUT2D eigenvalue weighted by molar-refractivity contribution is -0.139. The van der Waals surface area contributed by atoms with Crippen molar-refractivity contribution in [2.45, 2.75) is 62.7 Å². The van der Waals surface area contributed by atoms with Crippen molar-refractivity contribution in [2.24, 2.45) is 0 Å². The van der Waals surface area contributed by atoms with Gasteiger partial charge >= 0.3 is 5.97 Å². The van der Waals surface area contributed by atoms with Crippen molar-refractivity contribution >= 4 is 24.1 Å². The molecule has 2 unspecified atom stereocenters. The van der Waals surface area contributed by atoms with Gasteiger partial charge in [0.15, 0.2) is 0 Å². The molecule has 114 valence electrons. The van der Waals surface area contributed by atoms with Gasteiger partial charge in [-0.3, -0.25) is 4.79 Å². The third-order valence-electron chi connectivity index (χ3n) is 4.26. The van der Waals surface area contributed by atoms with E-state index in [0.29, 0.717) is 12.2 Å². The third-order valence-corrected chi connectivity index (χ3v) is 5.44. The molecule has 0 radical (unpaired) electrons. The summed E-state index contributed by atoms with van der Waals surface area (Å²) < 4.78 is 6.23. The highest BCUT2D eigenvalue weighted by molar-refractivity contribution is 7.99. The predicted molar refractivity (Wildman–Crippen MR) is 77.9 cm³/mol. The lowest BCUT2D eigenvalue weighted by Gasteiger charge is -2.33. The SMILES string of the molecule is O=CNC(CSCC1CCC2(CCCCC2)O1)C(=O)O. The van der Waals surface area contributed by atoms with Gasteiger partial charge in [0.05, 0.1) is 11.7 Å². The van der Waals surface area contributed by atoms with E-state index >= 15 is 0 Å². The average molecular weight is 301 g/mol. The fourth-order valence-corrected chi connectivity index (χ4v) is 4.28. The molecular formula is C14H23NO4S. The number of carboxylic acids is 1. The van der Waals surface area contributed by atoms with Crippen LogP contribution >= 0.6 is 11.8 Å². The van der Waals surface area contributed by atoms with Crippen molar-refractivity contribution in [1.82, 2.24) is 5.32 Å². The summed E-state index contributed by atoms with van der Waals surface area (Å²) in [6.07, 6.45) is 9.12. The number of rotatable bonds is 7. The molecule has 1 aliphatic heterocycles. The zero-order valence-electron chi connectivity index (χ0n) is 11.7. The van der Waals surface area contributed by atoms with Crippen LogP contribution in [0.3, 0.4) is 0 Å². The topological polar surface area (TPSA) is 75.6 Å². The fraction of sp³-hybridized carbons (Fsp3) is 0.857. The van der Waals surface area contributed by atoms with Crippen LogP contribution in [-0.4, -0.2) is 46.7 Å². The van der Waals surface area contributed by atoms with E-state index in [-0.39, 0.29) is 11.7 Å². The number of amides is 1. The molecule has 2 aliphatic rings. The lowest BCUT2D eigenvalue weighted by atomic mass is 9.83. The zero-order valence-corrected chi connectivity index (χ0v) is 12.5. The van der Waals surface area contributed by atoms with E-state index in [1.165, 1.54) is 32.1 Å². The molecule has 0 aromatic heterocycles. The highest BCUT2D eigenvalue weighted by atomic mass is 32.2. The van der Waals surface area contributed by atoms with E-state index in [4.69, 9.17) is 9.84 Å². The van der Waals surface area contributed by atoms with Crippen molar-refractivity contribution < 1.29 is 19.4 Å². The van der Waals surface area contributed by atoms with Crippen LogP contribution in [0.15, 0.2) is 0 Å². The minimum Gasteiger partial charge on any atom is -0.480 e. The van der Waals surface area contributed by atoms with Crippen molar-refractivity contribution in [3.05, 3.63) is 0 Å². The van der Waals surface area contributed by atoms with Crippen molar-refractivity contribution in [2.75, 3.05) is 11.5 Å². The molecule has 20 heavy (non-hydrogen) atoms. The van der Waals surface area contributed by atoms with Gasteiger partial charge < -0.3 is 15.2 Å². The van der Waals surface area contributed by atoms with E-state index in [2.05, 4.69) is 5.32 Å². The molecular weight excluding hydrogens is 278 g/mol. The maximum Gasteiger partial charge on any atom is 0.327 e. The van der Waals surface area contributed by atoms with E-state index in [1.807, 2.05) is 0 Å². The van der Waals surface area contributed by atoms with Crippen LogP contribution in [0, 0.1) is 0 Å². The monoisotopic (exact) mass is 301 g/mol. The Bertz CT molecular complexity index is 344. The molecule has 1 aliphatic carbocycles. The first kappa shape index (κ1) is 15.6. The summed E-state index contributed by atoms with van der Waals surface area (Å²) in [5.41, 5.74) is 0.122. The largest absolute Gasteiger partial charge is 0.480 e. The molecule has 0 aromatic carbocycles. The second-order valence-corrected chi connectivity index (χ2v) is 6.81. The minimum atomic E-state index is -0.985. The summed E-state index contributed by atoms with van der Waals surface area (Å²) in [7, 11) is 0. The Labute approximate surface area is 123 Å². The van der Waals surface area contributed by atoms with Crippen LogP contribution in [-0.2, 0) is 14.3 Å². The molecule has 1 heterocycles. The quantitative estimate of drug-likeness (QED) is 0.701. The van der Waals surface area contributed by atoms with Crippen LogP contribution in [0.1, 0.15) is 44.9 Å². The molecule has 1 amide bonds. The normalized spacial score (nSPS) is 26.3. The number of ether oxygens (including phenoxy) is 1. The number of carboxylic acid groups (broad SMARTS) is 1. The van der Waals surface area contributed by atoms with Crippen molar-refractivity contribution in [1.29, 1.82) is 0 Å². The van der Waals surface area contributed by atoms with Gasteiger partial charge in [0.2, 0.25) is 6.41 Å². The summed E-state index contributed by atoms with van der Waals surface area (Å²) in [6.45, 7) is 0. The van der Waals surface area contributed by atoms with E-state index in [9.17, 15) is 9.59 Å². The van der Waals surface area contributed by atoms with Gasteiger partial charge in [-0.25, -0.2) is 4.79 Å². The third kappa shape index (κ3) is 4.12. The molecule has 6 heteroatoms. The van der Waals surface area contributed by atoms with Gasteiger partial charge in [0.1, 0.15) is 6.04 Å². The zero-order chi connectivity index (χ0) is 14.4. The summed E-state index contributed by atoms with van der Waals surface area (Å²) in [4.78, 5) is 21.2. The molecule has 1 saturated heterocycles. The summed E-state index contributed by atoms with van der Waals surface area (Å²) in [5, 5.41) is 11.3. The Morgan fingerprint density at radius 2 is 2.15 bits per heavy atom. The molecule has 0 bridgehead atoms. The lowest BCUT2D eigenvalue weighted by Crippen LogP contribution is -2.38. The number of carbonyl (C=O) groups is 2. The van der Waals surface area contributed by atoms with Gasteiger partial charge in [0.25, 0.3) is 0 Å². The molecule has 2 N–H and O–H groups in total. The number of hydrogen-bond acceptors (Lipinski definition) is 4. The minimum absolute atomic E-state index is 0.122. The molecule has 5 nitrogen and oxygen atoms in total. The number of thioether (sulfide) groups is 1. The fourth-order valence-electron chi connectivity index (χ4n) is 3.17. The molecule has 2 fully saturated rings. The Hall–Kier alpha value is -0.750. The summed E-state index contributed by atoms with van der Waals surface area (Å²) in [5.74, 6) is 0.216. The van der Waals surface area contributed by atoms with E-state index < -0.39 is 12.0 Å². The molecule has 1 spiro atoms. The maximum absolute atomic E-state index is 10.9.